The topological polar surface area (TPSA) is 66.5 Å². The Kier molecular flexibility index (Phi) is 2.87. The van der Waals surface area contributed by atoms with E-state index in [1.807, 2.05) is 0 Å². The SMILES string of the molecule is Cc1ccc([C@@H](C)Nc2ncnc3nc[nH]c23)cc1. The lowest BCUT2D eigenvalue weighted by Crippen LogP contribution is -2.08. The monoisotopic (exact) mass is 253 g/mol. The van der Waals surface area contributed by atoms with Gasteiger partial charge in [0.05, 0.1) is 12.4 Å². The van der Waals surface area contributed by atoms with Gasteiger partial charge in [0.25, 0.3) is 0 Å². The molecule has 96 valence electrons. The van der Waals surface area contributed by atoms with Crippen molar-refractivity contribution in [3.63, 3.8) is 0 Å². The van der Waals surface area contributed by atoms with Gasteiger partial charge < -0.3 is 10.3 Å². The Bertz CT molecular complexity index is 686. The molecular formula is C14H15N5. The van der Waals surface area contributed by atoms with E-state index in [9.17, 15) is 0 Å². The van der Waals surface area contributed by atoms with Gasteiger partial charge in [0.2, 0.25) is 0 Å². The number of fused-ring (bicyclic) bond motifs is 1. The summed E-state index contributed by atoms with van der Waals surface area (Å²) in [5, 5.41) is 3.38. The smallest absolute Gasteiger partial charge is 0.182 e. The first-order valence-corrected chi connectivity index (χ1v) is 6.21. The lowest BCUT2D eigenvalue weighted by molar-refractivity contribution is 0.874. The van der Waals surface area contributed by atoms with Gasteiger partial charge >= 0.3 is 0 Å². The zero-order chi connectivity index (χ0) is 13.2. The van der Waals surface area contributed by atoms with E-state index in [2.05, 4.69) is 63.4 Å². The van der Waals surface area contributed by atoms with Crippen LogP contribution in [0.3, 0.4) is 0 Å². The minimum Gasteiger partial charge on any atom is -0.362 e. The molecule has 0 unspecified atom stereocenters. The standard InChI is InChI=1S/C14H15N5/c1-9-3-5-11(6-4-9)10(2)19-14-12-13(16-7-15-12)17-8-18-14/h3-8,10H,1-2H3,(H2,15,16,17,18,19)/t10-/m1/s1. The van der Waals surface area contributed by atoms with Gasteiger partial charge in [-0.2, -0.15) is 0 Å². The summed E-state index contributed by atoms with van der Waals surface area (Å²) >= 11 is 0. The summed E-state index contributed by atoms with van der Waals surface area (Å²) in [6.45, 7) is 4.19. The van der Waals surface area contributed by atoms with Crippen LogP contribution in [0.25, 0.3) is 11.2 Å². The Hall–Kier alpha value is -2.43. The zero-order valence-electron chi connectivity index (χ0n) is 10.9. The predicted molar refractivity (Wildman–Crippen MR) is 74.9 cm³/mol. The van der Waals surface area contributed by atoms with E-state index in [-0.39, 0.29) is 6.04 Å². The summed E-state index contributed by atoms with van der Waals surface area (Å²) in [6.07, 6.45) is 3.15. The van der Waals surface area contributed by atoms with Crippen LogP contribution in [0.2, 0.25) is 0 Å². The van der Waals surface area contributed by atoms with E-state index in [1.165, 1.54) is 17.5 Å². The summed E-state index contributed by atoms with van der Waals surface area (Å²) in [5.41, 5.74) is 3.99. The number of hydrogen-bond acceptors (Lipinski definition) is 4. The van der Waals surface area contributed by atoms with Gasteiger partial charge in [-0.15, -0.1) is 0 Å². The van der Waals surface area contributed by atoms with E-state index in [1.54, 1.807) is 6.33 Å². The Labute approximate surface area is 111 Å². The lowest BCUT2D eigenvalue weighted by atomic mass is 10.1. The number of nitrogens with zero attached hydrogens (tertiary/aromatic N) is 3. The molecule has 3 aromatic rings. The van der Waals surface area contributed by atoms with Crippen LogP contribution in [0.5, 0.6) is 0 Å². The second-order valence-corrected chi connectivity index (χ2v) is 4.60. The first-order valence-electron chi connectivity index (χ1n) is 6.21. The van der Waals surface area contributed by atoms with Gasteiger partial charge in [-0.25, -0.2) is 15.0 Å². The highest BCUT2D eigenvalue weighted by Gasteiger charge is 2.10. The molecule has 0 bridgehead atoms. The van der Waals surface area contributed by atoms with Gasteiger partial charge in [-0.1, -0.05) is 29.8 Å². The number of aromatic amines is 1. The van der Waals surface area contributed by atoms with Crippen molar-refractivity contribution in [1.82, 2.24) is 19.9 Å². The molecule has 5 nitrogen and oxygen atoms in total. The fourth-order valence-electron chi connectivity index (χ4n) is 2.02. The highest BCUT2D eigenvalue weighted by Crippen LogP contribution is 2.21. The summed E-state index contributed by atoms with van der Waals surface area (Å²) in [6, 6.07) is 8.64. The van der Waals surface area contributed by atoms with Gasteiger partial charge in [0.1, 0.15) is 11.8 Å². The van der Waals surface area contributed by atoms with Gasteiger partial charge in [0, 0.05) is 0 Å². The normalized spacial score (nSPS) is 12.5. The second kappa shape index (κ2) is 4.68. The van der Waals surface area contributed by atoms with E-state index in [0.29, 0.717) is 5.65 Å². The molecule has 0 aliphatic rings. The molecule has 0 radical (unpaired) electrons. The largest absolute Gasteiger partial charge is 0.362 e. The van der Waals surface area contributed by atoms with Crippen LogP contribution < -0.4 is 5.32 Å². The number of anilines is 1. The highest BCUT2D eigenvalue weighted by molar-refractivity contribution is 5.82. The number of nitrogens with one attached hydrogen (secondary N) is 2. The molecule has 0 aliphatic carbocycles. The van der Waals surface area contributed by atoms with Crippen molar-refractivity contribution < 1.29 is 0 Å². The Morgan fingerprint density at radius 2 is 1.89 bits per heavy atom. The molecule has 0 saturated carbocycles. The summed E-state index contributed by atoms with van der Waals surface area (Å²) < 4.78 is 0. The van der Waals surface area contributed by atoms with E-state index < -0.39 is 0 Å². The average Bonchev–Trinajstić information content (AvgIpc) is 2.89. The number of benzene rings is 1. The summed E-state index contributed by atoms with van der Waals surface area (Å²) in [7, 11) is 0. The number of H-pyrrole nitrogens is 1. The molecular weight excluding hydrogens is 238 g/mol. The maximum Gasteiger partial charge on any atom is 0.182 e. The molecule has 1 aromatic carbocycles. The van der Waals surface area contributed by atoms with E-state index in [0.717, 1.165) is 11.3 Å². The molecule has 5 heteroatoms. The highest BCUT2D eigenvalue weighted by atomic mass is 15.1. The first kappa shape index (κ1) is 11.6. The van der Waals surface area contributed by atoms with Crippen molar-refractivity contribution >= 4 is 17.0 Å². The Morgan fingerprint density at radius 1 is 1.11 bits per heavy atom. The number of hydrogen-bond donors (Lipinski definition) is 2. The van der Waals surface area contributed by atoms with Crippen molar-refractivity contribution in [3.8, 4) is 0 Å². The van der Waals surface area contributed by atoms with Crippen LogP contribution in [0, 0.1) is 6.92 Å². The van der Waals surface area contributed by atoms with Crippen molar-refractivity contribution in [1.29, 1.82) is 0 Å². The third kappa shape index (κ3) is 2.27. The van der Waals surface area contributed by atoms with E-state index in [4.69, 9.17) is 0 Å². The lowest BCUT2D eigenvalue weighted by Gasteiger charge is -2.15. The third-order valence-electron chi connectivity index (χ3n) is 3.15. The number of aryl methyl sites for hydroxylation is 1. The fourth-order valence-corrected chi connectivity index (χ4v) is 2.02. The van der Waals surface area contributed by atoms with E-state index >= 15 is 0 Å². The van der Waals surface area contributed by atoms with Crippen LogP contribution in [0.15, 0.2) is 36.9 Å². The van der Waals surface area contributed by atoms with Crippen LogP contribution in [-0.2, 0) is 0 Å². The average molecular weight is 253 g/mol. The molecule has 2 aromatic heterocycles. The number of aromatic nitrogens is 4. The van der Waals surface area contributed by atoms with Crippen molar-refractivity contribution in [3.05, 3.63) is 48.0 Å². The molecule has 19 heavy (non-hydrogen) atoms. The molecule has 0 aliphatic heterocycles. The quantitative estimate of drug-likeness (QED) is 0.753. The zero-order valence-corrected chi connectivity index (χ0v) is 10.9. The molecule has 2 heterocycles. The van der Waals surface area contributed by atoms with Gasteiger partial charge in [0.15, 0.2) is 11.5 Å². The van der Waals surface area contributed by atoms with Crippen LogP contribution in [-0.4, -0.2) is 19.9 Å². The third-order valence-corrected chi connectivity index (χ3v) is 3.15. The minimum atomic E-state index is 0.169. The van der Waals surface area contributed by atoms with Gasteiger partial charge in [-0.3, -0.25) is 0 Å². The molecule has 2 N–H and O–H groups in total. The summed E-state index contributed by atoms with van der Waals surface area (Å²) in [5.74, 6) is 0.774. The Morgan fingerprint density at radius 3 is 2.68 bits per heavy atom. The molecule has 0 amide bonds. The maximum atomic E-state index is 4.27. The van der Waals surface area contributed by atoms with Crippen LogP contribution >= 0.6 is 0 Å². The van der Waals surface area contributed by atoms with Crippen LogP contribution in [0.1, 0.15) is 24.1 Å². The molecule has 1 atom stereocenters. The maximum absolute atomic E-state index is 4.27. The van der Waals surface area contributed by atoms with Crippen molar-refractivity contribution in [2.24, 2.45) is 0 Å². The number of rotatable bonds is 3. The molecule has 3 rings (SSSR count). The van der Waals surface area contributed by atoms with Gasteiger partial charge in [-0.05, 0) is 19.4 Å². The van der Waals surface area contributed by atoms with Crippen molar-refractivity contribution in [2.75, 3.05) is 5.32 Å². The number of imidazole rings is 1. The second-order valence-electron chi connectivity index (χ2n) is 4.60. The minimum absolute atomic E-state index is 0.169. The first-order chi connectivity index (χ1) is 9.24. The molecule has 0 fully saturated rings. The Balaban J connectivity index is 1.88. The van der Waals surface area contributed by atoms with Crippen LogP contribution in [0.4, 0.5) is 5.82 Å². The molecule has 0 saturated heterocycles. The fraction of sp³-hybridized carbons (Fsp3) is 0.214. The van der Waals surface area contributed by atoms with Crippen molar-refractivity contribution in [2.45, 2.75) is 19.9 Å². The predicted octanol–water partition coefficient (Wildman–Crippen LogP) is 2.83. The molecule has 0 spiro atoms. The summed E-state index contributed by atoms with van der Waals surface area (Å²) in [4.78, 5) is 15.5.